The van der Waals surface area contributed by atoms with Crippen molar-refractivity contribution in [2.24, 2.45) is 0 Å². The summed E-state index contributed by atoms with van der Waals surface area (Å²) < 4.78 is 0. The first-order chi connectivity index (χ1) is 7.44. The van der Waals surface area contributed by atoms with Crippen LogP contribution in [-0.4, -0.2) is 17.2 Å². The van der Waals surface area contributed by atoms with E-state index in [4.69, 9.17) is 0 Å². The molecule has 0 saturated carbocycles. The number of aliphatic hydroxyl groups excluding tert-OH is 1. The largest absolute Gasteiger partial charge is 0.387 e. The SMILES string of the molecule is CCc1ccccc1C(O)CNC(C)(C)C. The minimum atomic E-state index is -0.421. The predicted molar refractivity (Wildman–Crippen MR) is 68.5 cm³/mol. The van der Waals surface area contributed by atoms with Crippen LogP contribution < -0.4 is 5.32 Å². The van der Waals surface area contributed by atoms with Gasteiger partial charge in [0.25, 0.3) is 0 Å². The minimum Gasteiger partial charge on any atom is -0.387 e. The Morgan fingerprint density at radius 2 is 1.88 bits per heavy atom. The van der Waals surface area contributed by atoms with Crippen LogP contribution in [0.3, 0.4) is 0 Å². The van der Waals surface area contributed by atoms with Gasteiger partial charge in [0.15, 0.2) is 0 Å². The van der Waals surface area contributed by atoms with E-state index in [1.807, 2.05) is 18.2 Å². The number of nitrogens with one attached hydrogen (secondary N) is 1. The molecule has 0 bridgehead atoms. The van der Waals surface area contributed by atoms with E-state index in [2.05, 4.69) is 39.1 Å². The molecule has 0 spiro atoms. The van der Waals surface area contributed by atoms with E-state index in [-0.39, 0.29) is 5.54 Å². The molecule has 0 radical (unpaired) electrons. The van der Waals surface area contributed by atoms with Crippen molar-refractivity contribution in [1.82, 2.24) is 5.32 Å². The van der Waals surface area contributed by atoms with E-state index in [9.17, 15) is 5.11 Å². The highest BCUT2D eigenvalue weighted by Gasteiger charge is 2.15. The number of aliphatic hydroxyl groups is 1. The average Bonchev–Trinajstić information content (AvgIpc) is 2.25. The molecule has 1 aromatic carbocycles. The van der Waals surface area contributed by atoms with Crippen molar-refractivity contribution >= 4 is 0 Å². The number of benzene rings is 1. The van der Waals surface area contributed by atoms with E-state index in [0.717, 1.165) is 12.0 Å². The van der Waals surface area contributed by atoms with Crippen molar-refractivity contribution in [3.8, 4) is 0 Å². The molecule has 1 unspecified atom stereocenters. The highest BCUT2D eigenvalue weighted by atomic mass is 16.3. The lowest BCUT2D eigenvalue weighted by Crippen LogP contribution is -2.38. The van der Waals surface area contributed by atoms with Crippen molar-refractivity contribution in [3.05, 3.63) is 35.4 Å². The normalized spacial score (nSPS) is 13.8. The van der Waals surface area contributed by atoms with E-state index in [1.165, 1.54) is 5.56 Å². The second-order valence-electron chi connectivity index (χ2n) is 5.20. The first-order valence-electron chi connectivity index (χ1n) is 5.95. The molecule has 0 aliphatic carbocycles. The summed E-state index contributed by atoms with van der Waals surface area (Å²) in [5, 5.41) is 13.5. The molecule has 16 heavy (non-hydrogen) atoms. The Balaban J connectivity index is 2.69. The van der Waals surface area contributed by atoms with Gasteiger partial charge in [0.1, 0.15) is 0 Å². The first kappa shape index (κ1) is 13.2. The van der Waals surface area contributed by atoms with Crippen LogP contribution >= 0.6 is 0 Å². The lowest BCUT2D eigenvalue weighted by molar-refractivity contribution is 0.162. The van der Waals surface area contributed by atoms with Gasteiger partial charge in [0, 0.05) is 12.1 Å². The van der Waals surface area contributed by atoms with Crippen LogP contribution in [0.2, 0.25) is 0 Å². The fourth-order valence-electron chi connectivity index (χ4n) is 1.69. The number of rotatable bonds is 4. The van der Waals surface area contributed by atoms with Gasteiger partial charge in [-0.1, -0.05) is 31.2 Å². The third-order valence-corrected chi connectivity index (χ3v) is 2.62. The van der Waals surface area contributed by atoms with Gasteiger partial charge in [0.2, 0.25) is 0 Å². The molecule has 1 atom stereocenters. The van der Waals surface area contributed by atoms with E-state index >= 15 is 0 Å². The molecule has 2 N–H and O–H groups in total. The van der Waals surface area contributed by atoms with Gasteiger partial charge in [-0.25, -0.2) is 0 Å². The van der Waals surface area contributed by atoms with Gasteiger partial charge in [-0.3, -0.25) is 0 Å². The maximum absolute atomic E-state index is 10.1. The number of β-amino-alcohol motifs (C(OH)–C–C–N with tert-alkyl or cyclic N) is 1. The monoisotopic (exact) mass is 221 g/mol. The second-order valence-corrected chi connectivity index (χ2v) is 5.20. The van der Waals surface area contributed by atoms with Crippen LogP contribution in [-0.2, 0) is 6.42 Å². The van der Waals surface area contributed by atoms with Gasteiger partial charge in [0.05, 0.1) is 6.10 Å². The number of hydrogen-bond donors (Lipinski definition) is 2. The molecular weight excluding hydrogens is 198 g/mol. The molecule has 0 aromatic heterocycles. The number of hydrogen-bond acceptors (Lipinski definition) is 2. The zero-order chi connectivity index (χ0) is 12.2. The lowest BCUT2D eigenvalue weighted by Gasteiger charge is -2.24. The smallest absolute Gasteiger partial charge is 0.0917 e. The summed E-state index contributed by atoms with van der Waals surface area (Å²) in [6, 6.07) is 8.09. The topological polar surface area (TPSA) is 32.3 Å². The Kier molecular flexibility index (Phi) is 4.51. The maximum Gasteiger partial charge on any atom is 0.0917 e. The third-order valence-electron chi connectivity index (χ3n) is 2.62. The first-order valence-corrected chi connectivity index (χ1v) is 5.95. The van der Waals surface area contributed by atoms with Gasteiger partial charge < -0.3 is 10.4 Å². The lowest BCUT2D eigenvalue weighted by atomic mass is 9.99. The van der Waals surface area contributed by atoms with Gasteiger partial charge >= 0.3 is 0 Å². The molecular formula is C14H23NO. The molecule has 1 aromatic rings. The van der Waals surface area contributed by atoms with E-state index in [0.29, 0.717) is 6.54 Å². The Bertz CT molecular complexity index is 328. The van der Waals surface area contributed by atoms with Gasteiger partial charge in [-0.2, -0.15) is 0 Å². The standard InChI is InChI=1S/C14H23NO/c1-5-11-8-6-7-9-12(11)13(16)10-15-14(2,3)4/h6-9,13,15-16H,5,10H2,1-4H3. The summed E-state index contributed by atoms with van der Waals surface area (Å²) in [7, 11) is 0. The molecule has 90 valence electrons. The van der Waals surface area contributed by atoms with Crippen molar-refractivity contribution in [2.75, 3.05) is 6.54 Å². The van der Waals surface area contributed by atoms with Gasteiger partial charge in [-0.05, 0) is 38.3 Å². The summed E-state index contributed by atoms with van der Waals surface area (Å²) in [6.07, 6.45) is 0.540. The van der Waals surface area contributed by atoms with Gasteiger partial charge in [-0.15, -0.1) is 0 Å². The summed E-state index contributed by atoms with van der Waals surface area (Å²) >= 11 is 0. The van der Waals surface area contributed by atoms with E-state index in [1.54, 1.807) is 0 Å². The molecule has 0 heterocycles. The van der Waals surface area contributed by atoms with Crippen LogP contribution in [0.15, 0.2) is 24.3 Å². The maximum atomic E-state index is 10.1. The van der Waals surface area contributed by atoms with Crippen molar-refractivity contribution in [2.45, 2.75) is 45.8 Å². The van der Waals surface area contributed by atoms with Crippen LogP contribution in [0.25, 0.3) is 0 Å². The zero-order valence-electron chi connectivity index (χ0n) is 10.7. The highest BCUT2D eigenvalue weighted by molar-refractivity contribution is 5.29. The average molecular weight is 221 g/mol. The molecule has 2 heteroatoms. The Morgan fingerprint density at radius 1 is 1.25 bits per heavy atom. The molecule has 0 aliphatic heterocycles. The molecule has 2 nitrogen and oxygen atoms in total. The summed E-state index contributed by atoms with van der Waals surface area (Å²) in [4.78, 5) is 0. The van der Waals surface area contributed by atoms with Crippen LogP contribution in [0, 0.1) is 0 Å². The third kappa shape index (κ3) is 3.95. The second kappa shape index (κ2) is 5.46. The Morgan fingerprint density at radius 3 is 2.44 bits per heavy atom. The zero-order valence-corrected chi connectivity index (χ0v) is 10.7. The summed E-state index contributed by atoms with van der Waals surface area (Å²) in [5.74, 6) is 0. The van der Waals surface area contributed by atoms with Crippen molar-refractivity contribution in [3.63, 3.8) is 0 Å². The van der Waals surface area contributed by atoms with E-state index < -0.39 is 6.10 Å². The van der Waals surface area contributed by atoms with Crippen LogP contribution in [0.5, 0.6) is 0 Å². The summed E-state index contributed by atoms with van der Waals surface area (Å²) in [6.45, 7) is 9.02. The molecule has 0 saturated heterocycles. The molecule has 0 aliphatic rings. The molecule has 0 amide bonds. The summed E-state index contributed by atoms with van der Waals surface area (Å²) in [5.41, 5.74) is 2.31. The Hall–Kier alpha value is -0.860. The minimum absolute atomic E-state index is 0.0438. The van der Waals surface area contributed by atoms with Crippen LogP contribution in [0.1, 0.15) is 44.9 Å². The highest BCUT2D eigenvalue weighted by Crippen LogP contribution is 2.18. The fourth-order valence-corrected chi connectivity index (χ4v) is 1.69. The molecule has 1 rings (SSSR count). The quantitative estimate of drug-likeness (QED) is 0.819. The van der Waals surface area contributed by atoms with Crippen molar-refractivity contribution in [1.29, 1.82) is 0 Å². The van der Waals surface area contributed by atoms with Crippen LogP contribution in [0.4, 0.5) is 0 Å². The van der Waals surface area contributed by atoms with Crippen molar-refractivity contribution < 1.29 is 5.11 Å². The number of aryl methyl sites for hydroxylation is 1. The fraction of sp³-hybridized carbons (Fsp3) is 0.571. The Labute approximate surface area is 98.7 Å². The molecule has 0 fully saturated rings. The predicted octanol–water partition coefficient (Wildman–Crippen LogP) is 2.67.